The van der Waals surface area contributed by atoms with Gasteiger partial charge in [-0.2, -0.15) is 0 Å². The van der Waals surface area contributed by atoms with E-state index >= 15 is 0 Å². The first kappa shape index (κ1) is 5.35. The Balaban J connectivity index is 2.34. The van der Waals surface area contributed by atoms with E-state index in [0.717, 1.165) is 0 Å². The maximum Gasteiger partial charge on any atom is 0.123 e. The van der Waals surface area contributed by atoms with E-state index in [9.17, 15) is 0 Å². The van der Waals surface area contributed by atoms with Crippen LogP contribution in [-0.4, -0.2) is 10.2 Å². The van der Waals surface area contributed by atoms with E-state index in [1.165, 1.54) is 17.8 Å². The first-order valence-electron chi connectivity index (χ1n) is 3.08. The van der Waals surface area contributed by atoms with Crippen molar-refractivity contribution in [3.63, 3.8) is 0 Å². The molecule has 2 rings (SSSR count). The SMILES string of the molecule is CC1(c2nncs2)CC1. The Hall–Kier alpha value is -0.440. The maximum absolute atomic E-state index is 4.02. The second kappa shape index (κ2) is 1.53. The van der Waals surface area contributed by atoms with Crippen molar-refractivity contribution in [2.75, 3.05) is 0 Å². The van der Waals surface area contributed by atoms with Crippen LogP contribution in [0.3, 0.4) is 0 Å². The minimum atomic E-state index is 0.418. The van der Waals surface area contributed by atoms with Crippen molar-refractivity contribution >= 4 is 11.3 Å². The monoisotopic (exact) mass is 140 g/mol. The number of hydrogen-bond donors (Lipinski definition) is 0. The third kappa shape index (κ3) is 0.758. The van der Waals surface area contributed by atoms with Crippen LogP contribution in [0.25, 0.3) is 0 Å². The molecule has 3 heteroatoms. The van der Waals surface area contributed by atoms with E-state index in [0.29, 0.717) is 5.41 Å². The predicted octanol–water partition coefficient (Wildman–Crippen LogP) is 1.59. The molecule has 0 N–H and O–H groups in total. The van der Waals surface area contributed by atoms with Gasteiger partial charge in [0.2, 0.25) is 0 Å². The molecule has 0 amide bonds. The lowest BCUT2D eigenvalue weighted by Crippen LogP contribution is -1.97. The van der Waals surface area contributed by atoms with Gasteiger partial charge in [-0.1, -0.05) is 6.92 Å². The van der Waals surface area contributed by atoms with Gasteiger partial charge in [0.05, 0.1) is 0 Å². The highest BCUT2D eigenvalue weighted by atomic mass is 32.1. The van der Waals surface area contributed by atoms with Gasteiger partial charge in [-0.05, 0) is 12.8 Å². The summed E-state index contributed by atoms with van der Waals surface area (Å²) in [5.74, 6) is 0. The molecule has 0 aromatic carbocycles. The van der Waals surface area contributed by atoms with Crippen LogP contribution in [-0.2, 0) is 5.41 Å². The normalized spacial score (nSPS) is 21.9. The summed E-state index contributed by atoms with van der Waals surface area (Å²) >= 11 is 1.67. The zero-order valence-electron chi connectivity index (χ0n) is 5.29. The van der Waals surface area contributed by atoms with Gasteiger partial charge in [-0.3, -0.25) is 0 Å². The van der Waals surface area contributed by atoms with E-state index in [1.807, 2.05) is 0 Å². The number of rotatable bonds is 1. The molecule has 0 bridgehead atoms. The molecule has 1 aromatic rings. The van der Waals surface area contributed by atoms with Gasteiger partial charge in [-0.15, -0.1) is 21.5 Å². The second-order valence-corrected chi connectivity index (χ2v) is 3.64. The third-order valence-corrected chi connectivity index (χ3v) is 2.87. The topological polar surface area (TPSA) is 25.8 Å². The minimum absolute atomic E-state index is 0.418. The summed E-state index contributed by atoms with van der Waals surface area (Å²) in [6.07, 6.45) is 2.59. The summed E-state index contributed by atoms with van der Waals surface area (Å²) < 4.78 is 0. The summed E-state index contributed by atoms with van der Waals surface area (Å²) in [6, 6.07) is 0. The molecule has 1 heterocycles. The zero-order chi connectivity index (χ0) is 6.32. The summed E-state index contributed by atoms with van der Waals surface area (Å²) in [6.45, 7) is 2.24. The lowest BCUT2D eigenvalue weighted by atomic mass is 10.2. The Morgan fingerprint density at radius 3 is 2.89 bits per heavy atom. The predicted molar refractivity (Wildman–Crippen MR) is 36.5 cm³/mol. The standard InChI is InChI=1S/C6H8N2S/c1-6(2-3-6)5-8-7-4-9-5/h4H,2-3H2,1H3. The first-order chi connectivity index (χ1) is 4.31. The van der Waals surface area contributed by atoms with Crippen LogP contribution >= 0.6 is 11.3 Å². The van der Waals surface area contributed by atoms with Crippen LogP contribution in [0.15, 0.2) is 5.51 Å². The Morgan fingerprint density at radius 2 is 2.44 bits per heavy atom. The smallest absolute Gasteiger partial charge is 0.123 e. The molecule has 1 fully saturated rings. The molecule has 0 unspecified atom stereocenters. The molecule has 0 aliphatic heterocycles. The first-order valence-corrected chi connectivity index (χ1v) is 3.96. The largest absolute Gasteiger partial charge is 0.147 e. The summed E-state index contributed by atoms with van der Waals surface area (Å²) in [5, 5.41) is 9.03. The van der Waals surface area contributed by atoms with Gasteiger partial charge in [0.25, 0.3) is 0 Å². The summed E-state index contributed by atoms with van der Waals surface area (Å²) in [7, 11) is 0. The number of nitrogens with zero attached hydrogens (tertiary/aromatic N) is 2. The Labute approximate surface area is 57.9 Å². The Bertz CT molecular complexity index is 201. The van der Waals surface area contributed by atoms with Crippen molar-refractivity contribution in [2.24, 2.45) is 0 Å². The molecule has 48 valence electrons. The molecule has 1 aromatic heterocycles. The molecule has 1 saturated carbocycles. The molecular formula is C6H8N2S. The van der Waals surface area contributed by atoms with Gasteiger partial charge >= 0.3 is 0 Å². The van der Waals surface area contributed by atoms with Crippen LogP contribution in [0.1, 0.15) is 24.8 Å². The van der Waals surface area contributed by atoms with Crippen LogP contribution in [0.4, 0.5) is 0 Å². The fraction of sp³-hybridized carbons (Fsp3) is 0.667. The Kier molecular flexibility index (Phi) is 0.913. The van der Waals surface area contributed by atoms with E-state index in [2.05, 4.69) is 17.1 Å². The number of aromatic nitrogens is 2. The molecule has 0 saturated heterocycles. The van der Waals surface area contributed by atoms with Crippen LogP contribution in [0, 0.1) is 0 Å². The molecule has 0 spiro atoms. The van der Waals surface area contributed by atoms with Gasteiger partial charge in [0.1, 0.15) is 10.5 Å². The maximum atomic E-state index is 4.02. The zero-order valence-corrected chi connectivity index (χ0v) is 6.11. The molecule has 2 nitrogen and oxygen atoms in total. The highest BCUT2D eigenvalue weighted by molar-refractivity contribution is 7.09. The highest BCUT2D eigenvalue weighted by Gasteiger charge is 2.41. The van der Waals surface area contributed by atoms with Gasteiger partial charge in [0, 0.05) is 5.41 Å². The van der Waals surface area contributed by atoms with E-state index < -0.39 is 0 Å². The molecular weight excluding hydrogens is 132 g/mol. The number of hydrogen-bond acceptors (Lipinski definition) is 3. The van der Waals surface area contributed by atoms with Gasteiger partial charge in [0.15, 0.2) is 0 Å². The minimum Gasteiger partial charge on any atom is -0.147 e. The average Bonchev–Trinajstić information content (AvgIpc) is 2.46. The van der Waals surface area contributed by atoms with E-state index in [1.54, 1.807) is 16.8 Å². The van der Waals surface area contributed by atoms with Crippen LogP contribution in [0.2, 0.25) is 0 Å². The van der Waals surface area contributed by atoms with Crippen molar-refractivity contribution in [1.82, 2.24) is 10.2 Å². The molecule has 1 aliphatic carbocycles. The van der Waals surface area contributed by atoms with E-state index in [4.69, 9.17) is 0 Å². The average molecular weight is 140 g/mol. The molecule has 0 atom stereocenters. The third-order valence-electron chi connectivity index (χ3n) is 1.88. The van der Waals surface area contributed by atoms with Gasteiger partial charge < -0.3 is 0 Å². The second-order valence-electron chi connectivity index (χ2n) is 2.80. The van der Waals surface area contributed by atoms with Crippen LogP contribution < -0.4 is 0 Å². The van der Waals surface area contributed by atoms with Crippen molar-refractivity contribution in [3.8, 4) is 0 Å². The Morgan fingerprint density at radius 1 is 1.67 bits per heavy atom. The van der Waals surface area contributed by atoms with E-state index in [-0.39, 0.29) is 0 Å². The summed E-state index contributed by atoms with van der Waals surface area (Å²) in [4.78, 5) is 0. The lowest BCUT2D eigenvalue weighted by molar-refractivity contribution is 0.757. The van der Waals surface area contributed by atoms with Crippen LogP contribution in [0.5, 0.6) is 0 Å². The fourth-order valence-corrected chi connectivity index (χ4v) is 1.61. The highest BCUT2D eigenvalue weighted by Crippen LogP contribution is 2.47. The molecule has 9 heavy (non-hydrogen) atoms. The quantitative estimate of drug-likeness (QED) is 0.592. The van der Waals surface area contributed by atoms with Crippen molar-refractivity contribution < 1.29 is 0 Å². The van der Waals surface area contributed by atoms with Crippen molar-refractivity contribution in [1.29, 1.82) is 0 Å². The fourth-order valence-electron chi connectivity index (χ4n) is 0.837. The summed E-state index contributed by atoms with van der Waals surface area (Å²) in [5.41, 5.74) is 2.22. The lowest BCUT2D eigenvalue weighted by Gasteiger charge is -1.97. The van der Waals surface area contributed by atoms with Gasteiger partial charge in [-0.25, -0.2) is 0 Å². The van der Waals surface area contributed by atoms with Crippen molar-refractivity contribution in [3.05, 3.63) is 10.5 Å². The molecule has 0 radical (unpaired) electrons. The van der Waals surface area contributed by atoms with Crippen molar-refractivity contribution in [2.45, 2.75) is 25.2 Å². The molecule has 1 aliphatic rings.